The summed E-state index contributed by atoms with van der Waals surface area (Å²) in [7, 11) is -3.93. The van der Waals surface area contributed by atoms with E-state index in [1.165, 1.54) is 48.2 Å². The second kappa shape index (κ2) is 11.0. The predicted molar refractivity (Wildman–Crippen MR) is 118 cm³/mol. The molecule has 2 aromatic carbocycles. The molecule has 2 rings (SSSR count). The lowest BCUT2D eigenvalue weighted by atomic mass is 10.1. The molecule has 2 amide bonds. The summed E-state index contributed by atoms with van der Waals surface area (Å²) in [5.41, 5.74) is 0.553. The third-order valence-corrected chi connectivity index (χ3v) is 5.90. The number of benzene rings is 2. The largest absolute Gasteiger partial charge is 0.354 e. The minimum absolute atomic E-state index is 0.00864. The van der Waals surface area contributed by atoms with E-state index >= 15 is 0 Å². The first-order valence-corrected chi connectivity index (χ1v) is 11.9. The van der Waals surface area contributed by atoms with Gasteiger partial charge in [-0.05, 0) is 49.2 Å². The highest BCUT2D eigenvalue weighted by atomic mass is 32.2. The lowest BCUT2D eigenvalue weighted by Crippen LogP contribution is -2.51. The van der Waals surface area contributed by atoms with Gasteiger partial charge in [-0.25, -0.2) is 17.2 Å². The first kappa shape index (κ1) is 25.3. The monoisotopic (exact) mass is 467 g/mol. The molecule has 0 aliphatic rings. The van der Waals surface area contributed by atoms with E-state index < -0.39 is 46.1 Å². The Morgan fingerprint density at radius 2 is 1.72 bits per heavy atom. The van der Waals surface area contributed by atoms with E-state index in [9.17, 15) is 26.8 Å². The van der Waals surface area contributed by atoms with Crippen molar-refractivity contribution in [3.05, 3.63) is 65.7 Å². The Kier molecular flexibility index (Phi) is 8.71. The van der Waals surface area contributed by atoms with E-state index in [-0.39, 0.29) is 12.2 Å². The van der Waals surface area contributed by atoms with E-state index in [0.29, 0.717) is 18.5 Å². The molecule has 1 N–H and O–H groups in total. The van der Waals surface area contributed by atoms with Crippen LogP contribution >= 0.6 is 0 Å². The number of rotatable bonds is 10. The van der Waals surface area contributed by atoms with Crippen molar-refractivity contribution in [2.24, 2.45) is 0 Å². The number of nitrogens with zero attached hydrogens (tertiary/aromatic N) is 2. The fraction of sp³-hybridized carbons (Fsp3) is 0.364. The zero-order valence-corrected chi connectivity index (χ0v) is 19.0. The maximum atomic E-state index is 13.7. The normalized spacial score (nSPS) is 12.2. The van der Waals surface area contributed by atoms with Crippen molar-refractivity contribution in [1.82, 2.24) is 10.2 Å². The standard InChI is InChI=1S/C22H27F2N3O4S/c1-4-12-25-22(29)16(2)26(14-17-8-10-18(23)11-9-17)21(28)15-27(32(3,30)31)20-7-5-6-19(24)13-20/h5-11,13,16H,4,12,14-15H2,1-3H3,(H,25,29)/t16-/m1/s1. The molecule has 0 fully saturated rings. The minimum Gasteiger partial charge on any atom is -0.354 e. The lowest BCUT2D eigenvalue weighted by molar-refractivity contribution is -0.139. The van der Waals surface area contributed by atoms with Crippen molar-refractivity contribution in [3.63, 3.8) is 0 Å². The minimum atomic E-state index is -3.93. The molecule has 2 aromatic rings. The molecule has 0 bridgehead atoms. The van der Waals surface area contributed by atoms with Gasteiger partial charge in [-0.15, -0.1) is 0 Å². The van der Waals surface area contributed by atoms with Gasteiger partial charge in [0.25, 0.3) is 0 Å². The SMILES string of the molecule is CCCNC(=O)[C@@H](C)N(Cc1ccc(F)cc1)C(=O)CN(c1cccc(F)c1)S(C)(=O)=O. The van der Waals surface area contributed by atoms with Gasteiger partial charge in [0.1, 0.15) is 24.2 Å². The molecule has 1 atom stereocenters. The van der Waals surface area contributed by atoms with Gasteiger partial charge in [0, 0.05) is 13.1 Å². The Morgan fingerprint density at radius 1 is 1.06 bits per heavy atom. The van der Waals surface area contributed by atoms with Crippen molar-refractivity contribution < 1.29 is 26.8 Å². The molecule has 0 unspecified atom stereocenters. The van der Waals surface area contributed by atoms with Crippen molar-refractivity contribution in [1.29, 1.82) is 0 Å². The summed E-state index contributed by atoms with van der Waals surface area (Å²) in [6.07, 6.45) is 1.61. The highest BCUT2D eigenvalue weighted by Crippen LogP contribution is 2.20. The number of nitrogens with one attached hydrogen (secondary N) is 1. The summed E-state index contributed by atoms with van der Waals surface area (Å²) in [4.78, 5) is 27.0. The van der Waals surface area contributed by atoms with Crippen LogP contribution in [0, 0.1) is 11.6 Å². The van der Waals surface area contributed by atoms with Gasteiger partial charge in [0.05, 0.1) is 11.9 Å². The maximum Gasteiger partial charge on any atom is 0.244 e. The lowest BCUT2D eigenvalue weighted by Gasteiger charge is -2.31. The van der Waals surface area contributed by atoms with Gasteiger partial charge in [0.15, 0.2) is 0 Å². The highest BCUT2D eigenvalue weighted by molar-refractivity contribution is 7.92. The molecule has 0 heterocycles. The Hall–Kier alpha value is -3.01. The Balaban J connectivity index is 2.35. The average molecular weight is 468 g/mol. The maximum absolute atomic E-state index is 13.7. The zero-order chi connectivity index (χ0) is 23.9. The predicted octanol–water partition coefficient (Wildman–Crippen LogP) is 2.67. The zero-order valence-electron chi connectivity index (χ0n) is 18.2. The first-order chi connectivity index (χ1) is 15.0. The third kappa shape index (κ3) is 7.01. The number of halogens is 2. The molecular weight excluding hydrogens is 440 g/mol. The van der Waals surface area contributed by atoms with Crippen LogP contribution in [0.1, 0.15) is 25.8 Å². The van der Waals surface area contributed by atoms with Crippen LogP contribution in [0.3, 0.4) is 0 Å². The van der Waals surface area contributed by atoms with E-state index in [1.54, 1.807) is 0 Å². The molecule has 0 saturated carbocycles. The number of amides is 2. The van der Waals surface area contributed by atoms with Crippen molar-refractivity contribution in [2.45, 2.75) is 32.9 Å². The third-order valence-electron chi connectivity index (χ3n) is 4.76. The summed E-state index contributed by atoms with van der Waals surface area (Å²) in [6.45, 7) is 3.16. The van der Waals surface area contributed by atoms with E-state index in [1.807, 2.05) is 6.92 Å². The van der Waals surface area contributed by atoms with Gasteiger partial charge >= 0.3 is 0 Å². The first-order valence-electron chi connectivity index (χ1n) is 10.1. The number of carbonyl (C=O) groups excluding carboxylic acids is 2. The van der Waals surface area contributed by atoms with Gasteiger partial charge < -0.3 is 10.2 Å². The Morgan fingerprint density at radius 3 is 2.28 bits per heavy atom. The fourth-order valence-corrected chi connectivity index (χ4v) is 3.85. The van der Waals surface area contributed by atoms with Crippen LogP contribution in [0.4, 0.5) is 14.5 Å². The number of hydrogen-bond donors (Lipinski definition) is 1. The molecule has 0 aliphatic heterocycles. The van der Waals surface area contributed by atoms with Gasteiger partial charge in [-0.3, -0.25) is 13.9 Å². The molecular formula is C22H27F2N3O4S. The van der Waals surface area contributed by atoms with Gasteiger partial charge in [0.2, 0.25) is 21.8 Å². The van der Waals surface area contributed by atoms with E-state index in [0.717, 1.165) is 22.7 Å². The summed E-state index contributed by atoms with van der Waals surface area (Å²) in [6, 6.07) is 9.38. The molecule has 0 radical (unpaired) electrons. The second-order valence-electron chi connectivity index (χ2n) is 7.36. The van der Waals surface area contributed by atoms with Crippen LogP contribution < -0.4 is 9.62 Å². The van der Waals surface area contributed by atoms with Crippen LogP contribution in [-0.4, -0.2) is 50.5 Å². The van der Waals surface area contributed by atoms with Gasteiger partial charge in [-0.1, -0.05) is 25.1 Å². The Bertz CT molecular complexity index is 1050. The second-order valence-corrected chi connectivity index (χ2v) is 9.27. The Labute approximate surface area is 187 Å². The highest BCUT2D eigenvalue weighted by Gasteiger charge is 2.30. The summed E-state index contributed by atoms with van der Waals surface area (Å²) >= 11 is 0. The van der Waals surface area contributed by atoms with Crippen molar-refractivity contribution >= 4 is 27.5 Å². The van der Waals surface area contributed by atoms with Gasteiger partial charge in [-0.2, -0.15) is 0 Å². The summed E-state index contributed by atoms with van der Waals surface area (Å²) in [5.74, 6) is -2.17. The molecule has 0 aromatic heterocycles. The topological polar surface area (TPSA) is 86.8 Å². The molecule has 0 spiro atoms. The number of anilines is 1. The average Bonchev–Trinajstić information content (AvgIpc) is 2.73. The number of hydrogen-bond acceptors (Lipinski definition) is 4. The molecule has 10 heteroatoms. The van der Waals surface area contributed by atoms with Crippen LogP contribution in [-0.2, 0) is 26.2 Å². The molecule has 7 nitrogen and oxygen atoms in total. The summed E-state index contributed by atoms with van der Waals surface area (Å²) < 4.78 is 52.5. The molecule has 0 aliphatic carbocycles. The van der Waals surface area contributed by atoms with Crippen molar-refractivity contribution in [3.8, 4) is 0 Å². The smallest absolute Gasteiger partial charge is 0.244 e. The van der Waals surface area contributed by atoms with E-state index in [2.05, 4.69) is 5.32 Å². The molecule has 0 saturated heterocycles. The van der Waals surface area contributed by atoms with Crippen LogP contribution in [0.25, 0.3) is 0 Å². The summed E-state index contributed by atoms with van der Waals surface area (Å²) in [5, 5.41) is 2.71. The van der Waals surface area contributed by atoms with Crippen LogP contribution in [0.2, 0.25) is 0 Å². The van der Waals surface area contributed by atoms with Crippen LogP contribution in [0.5, 0.6) is 0 Å². The van der Waals surface area contributed by atoms with E-state index in [4.69, 9.17) is 0 Å². The fourth-order valence-electron chi connectivity index (χ4n) is 3.01. The number of carbonyl (C=O) groups is 2. The molecule has 174 valence electrons. The van der Waals surface area contributed by atoms with Crippen LogP contribution in [0.15, 0.2) is 48.5 Å². The quantitative estimate of drug-likeness (QED) is 0.582. The van der Waals surface area contributed by atoms with Crippen molar-refractivity contribution in [2.75, 3.05) is 23.7 Å². The molecule has 32 heavy (non-hydrogen) atoms. The number of sulfonamides is 1.